The maximum absolute atomic E-state index is 12.6. The van der Waals surface area contributed by atoms with Gasteiger partial charge in [0.25, 0.3) is 5.56 Å². The molecule has 0 unspecified atom stereocenters. The molecule has 0 aliphatic heterocycles. The minimum absolute atomic E-state index is 0.0757. The van der Waals surface area contributed by atoms with Crippen LogP contribution in [0.2, 0.25) is 0 Å². The van der Waals surface area contributed by atoms with Crippen LogP contribution in [-0.2, 0) is 11.3 Å². The molecule has 0 fully saturated rings. The predicted octanol–water partition coefficient (Wildman–Crippen LogP) is 2.75. The Balaban J connectivity index is 1.63. The fourth-order valence-electron chi connectivity index (χ4n) is 2.91. The molecule has 28 heavy (non-hydrogen) atoms. The number of amides is 1. The summed E-state index contributed by atoms with van der Waals surface area (Å²) in [6, 6.07) is 14.4. The maximum Gasteiger partial charge on any atom is 0.258 e. The Hall–Kier alpha value is -3.35. The number of nitrogens with zero attached hydrogens (tertiary/aromatic N) is 2. The van der Waals surface area contributed by atoms with Gasteiger partial charge in [0.05, 0.1) is 37.6 Å². The van der Waals surface area contributed by atoms with Crippen molar-refractivity contribution < 1.29 is 14.3 Å². The summed E-state index contributed by atoms with van der Waals surface area (Å²) in [5.41, 5.74) is 0.410. The number of para-hydroxylation sites is 3. The first kappa shape index (κ1) is 19.4. The van der Waals surface area contributed by atoms with Crippen molar-refractivity contribution in [1.82, 2.24) is 14.9 Å². The van der Waals surface area contributed by atoms with Crippen molar-refractivity contribution in [1.29, 1.82) is 0 Å². The summed E-state index contributed by atoms with van der Waals surface area (Å²) in [5.74, 6) is 1.61. The average Bonchev–Trinajstić information content (AvgIpc) is 2.72. The second-order valence-electron chi connectivity index (χ2n) is 6.19. The van der Waals surface area contributed by atoms with Crippen LogP contribution in [0.1, 0.15) is 19.2 Å². The van der Waals surface area contributed by atoms with Crippen LogP contribution in [0.5, 0.6) is 11.5 Å². The predicted molar refractivity (Wildman–Crippen MR) is 107 cm³/mol. The first-order valence-corrected chi connectivity index (χ1v) is 9.14. The highest BCUT2D eigenvalue weighted by Gasteiger charge is 2.15. The number of nitrogens with one attached hydrogen (secondary N) is 1. The van der Waals surface area contributed by atoms with Crippen LogP contribution in [0.25, 0.3) is 10.9 Å². The number of carbonyl (C=O) groups excluding carboxylic acids is 1. The molecule has 0 radical (unpaired) electrons. The van der Waals surface area contributed by atoms with Gasteiger partial charge in [0.15, 0.2) is 11.5 Å². The molecule has 7 heteroatoms. The lowest BCUT2D eigenvalue weighted by molar-refractivity contribution is -0.132. The fourth-order valence-corrected chi connectivity index (χ4v) is 2.91. The average molecular weight is 381 g/mol. The fraction of sp³-hybridized carbons (Fsp3) is 0.286. The van der Waals surface area contributed by atoms with E-state index in [1.807, 2.05) is 25.1 Å². The molecule has 1 N–H and O–H groups in total. The zero-order valence-electron chi connectivity index (χ0n) is 16.0. The number of ether oxygens (including phenoxy) is 2. The Morgan fingerprint density at radius 3 is 2.57 bits per heavy atom. The maximum atomic E-state index is 12.6. The molecule has 2 aromatic carbocycles. The van der Waals surface area contributed by atoms with Gasteiger partial charge in [-0.3, -0.25) is 9.59 Å². The minimum atomic E-state index is -0.205. The van der Waals surface area contributed by atoms with Gasteiger partial charge in [0, 0.05) is 6.54 Å². The molecule has 0 atom stereocenters. The van der Waals surface area contributed by atoms with Gasteiger partial charge < -0.3 is 19.4 Å². The summed E-state index contributed by atoms with van der Waals surface area (Å²) < 4.78 is 10.9. The first-order valence-electron chi connectivity index (χ1n) is 9.14. The van der Waals surface area contributed by atoms with Crippen LogP contribution in [0.15, 0.2) is 53.3 Å². The Labute approximate surface area is 162 Å². The number of hydrogen-bond acceptors (Lipinski definition) is 5. The van der Waals surface area contributed by atoms with Crippen molar-refractivity contribution in [3.63, 3.8) is 0 Å². The molecule has 0 saturated heterocycles. The second kappa shape index (κ2) is 9.03. The van der Waals surface area contributed by atoms with E-state index in [9.17, 15) is 9.59 Å². The molecule has 7 nitrogen and oxygen atoms in total. The SMILES string of the molecule is CCN(Cc1nc2ccccc2c(=O)[nH]1)C(=O)CCOc1ccccc1OC. The van der Waals surface area contributed by atoms with Gasteiger partial charge in [-0.05, 0) is 31.2 Å². The molecule has 0 saturated carbocycles. The molecule has 0 aliphatic carbocycles. The second-order valence-corrected chi connectivity index (χ2v) is 6.19. The van der Waals surface area contributed by atoms with Gasteiger partial charge in [-0.25, -0.2) is 4.98 Å². The van der Waals surface area contributed by atoms with Crippen molar-refractivity contribution in [2.45, 2.75) is 19.9 Å². The van der Waals surface area contributed by atoms with Crippen molar-refractivity contribution >= 4 is 16.8 Å². The zero-order chi connectivity index (χ0) is 19.9. The van der Waals surface area contributed by atoms with Gasteiger partial charge in [-0.2, -0.15) is 0 Å². The van der Waals surface area contributed by atoms with Crippen molar-refractivity contribution in [2.24, 2.45) is 0 Å². The Morgan fingerprint density at radius 1 is 1.11 bits per heavy atom. The number of aromatic nitrogens is 2. The standard InChI is InChI=1S/C21H23N3O4/c1-3-24(14-19-22-16-9-5-4-8-15(16)21(26)23-19)20(25)12-13-28-18-11-7-6-10-17(18)27-2/h4-11H,3,12-14H2,1-2H3,(H,22,23,26). The highest BCUT2D eigenvalue weighted by molar-refractivity contribution is 5.78. The lowest BCUT2D eigenvalue weighted by atomic mass is 10.2. The van der Waals surface area contributed by atoms with Crippen LogP contribution < -0.4 is 15.0 Å². The van der Waals surface area contributed by atoms with E-state index in [4.69, 9.17) is 9.47 Å². The normalized spacial score (nSPS) is 10.6. The van der Waals surface area contributed by atoms with Crippen LogP contribution in [0, 0.1) is 0 Å². The molecular weight excluding hydrogens is 358 g/mol. The van der Waals surface area contributed by atoms with Crippen LogP contribution in [0.3, 0.4) is 0 Å². The molecule has 1 amide bonds. The van der Waals surface area contributed by atoms with Gasteiger partial charge in [-0.15, -0.1) is 0 Å². The highest BCUT2D eigenvalue weighted by atomic mass is 16.5. The molecule has 146 valence electrons. The largest absolute Gasteiger partial charge is 0.493 e. The van der Waals surface area contributed by atoms with Crippen molar-refractivity contribution in [3.8, 4) is 11.5 Å². The van der Waals surface area contributed by atoms with Gasteiger partial charge in [0.2, 0.25) is 5.91 Å². The van der Waals surface area contributed by atoms with E-state index in [2.05, 4.69) is 9.97 Å². The monoisotopic (exact) mass is 381 g/mol. The molecule has 1 heterocycles. The van der Waals surface area contributed by atoms with E-state index in [0.29, 0.717) is 34.8 Å². The molecular formula is C21H23N3O4. The minimum Gasteiger partial charge on any atom is -0.493 e. The summed E-state index contributed by atoms with van der Waals surface area (Å²) in [4.78, 5) is 33.6. The van der Waals surface area contributed by atoms with Crippen LogP contribution >= 0.6 is 0 Å². The van der Waals surface area contributed by atoms with Crippen LogP contribution in [-0.4, -0.2) is 41.0 Å². The number of aromatic amines is 1. The highest BCUT2D eigenvalue weighted by Crippen LogP contribution is 2.25. The van der Waals surface area contributed by atoms with E-state index in [-0.39, 0.29) is 31.0 Å². The van der Waals surface area contributed by atoms with Gasteiger partial charge >= 0.3 is 0 Å². The summed E-state index contributed by atoms with van der Waals surface area (Å²) in [6.07, 6.45) is 0.212. The first-order chi connectivity index (χ1) is 13.6. The van der Waals surface area contributed by atoms with Crippen LogP contribution in [0.4, 0.5) is 0 Å². The quantitative estimate of drug-likeness (QED) is 0.649. The van der Waals surface area contributed by atoms with E-state index in [1.54, 1.807) is 42.3 Å². The van der Waals surface area contributed by atoms with Crippen molar-refractivity contribution in [2.75, 3.05) is 20.3 Å². The topological polar surface area (TPSA) is 84.5 Å². The molecule has 0 bridgehead atoms. The van der Waals surface area contributed by atoms with E-state index in [1.165, 1.54) is 0 Å². The van der Waals surface area contributed by atoms with E-state index in [0.717, 1.165) is 0 Å². The Bertz CT molecular complexity index is 1020. The summed E-state index contributed by atoms with van der Waals surface area (Å²) >= 11 is 0. The molecule has 3 aromatic rings. The number of rotatable bonds is 8. The smallest absolute Gasteiger partial charge is 0.258 e. The lowest BCUT2D eigenvalue weighted by Crippen LogP contribution is -2.32. The zero-order valence-corrected chi connectivity index (χ0v) is 16.0. The molecule has 3 rings (SSSR count). The van der Waals surface area contributed by atoms with Crippen molar-refractivity contribution in [3.05, 3.63) is 64.7 Å². The molecule has 0 spiro atoms. The van der Waals surface area contributed by atoms with Gasteiger partial charge in [-0.1, -0.05) is 24.3 Å². The van der Waals surface area contributed by atoms with Gasteiger partial charge in [0.1, 0.15) is 5.82 Å². The van der Waals surface area contributed by atoms with E-state index < -0.39 is 0 Å². The number of methoxy groups -OCH3 is 1. The Morgan fingerprint density at radius 2 is 1.82 bits per heavy atom. The summed E-state index contributed by atoms with van der Waals surface area (Å²) in [7, 11) is 1.57. The Kier molecular flexibility index (Phi) is 6.26. The summed E-state index contributed by atoms with van der Waals surface area (Å²) in [5, 5.41) is 0.533. The third-order valence-corrected chi connectivity index (χ3v) is 4.38. The molecule has 1 aromatic heterocycles. The number of H-pyrrole nitrogens is 1. The number of hydrogen-bond donors (Lipinski definition) is 1. The third-order valence-electron chi connectivity index (χ3n) is 4.38. The number of benzene rings is 2. The number of fused-ring (bicyclic) bond motifs is 1. The molecule has 0 aliphatic rings. The third kappa shape index (κ3) is 4.49. The van der Waals surface area contributed by atoms with E-state index >= 15 is 0 Å². The number of carbonyl (C=O) groups is 1. The summed E-state index contributed by atoms with van der Waals surface area (Å²) in [6.45, 7) is 2.86. The lowest BCUT2D eigenvalue weighted by Gasteiger charge is -2.20.